The van der Waals surface area contributed by atoms with Crippen molar-refractivity contribution in [3.05, 3.63) is 35.5 Å². The number of nitrogens with zero attached hydrogens (tertiary/aromatic N) is 2. The molecule has 1 aliphatic heterocycles. The molecule has 0 unspecified atom stereocenters. The van der Waals surface area contributed by atoms with Gasteiger partial charge in [0.1, 0.15) is 17.3 Å². The van der Waals surface area contributed by atoms with E-state index in [0.717, 1.165) is 24.5 Å². The number of aromatic nitrogens is 1. The Balaban J connectivity index is 0.00000225. The highest BCUT2D eigenvalue weighted by Crippen LogP contribution is 2.28. The zero-order valence-corrected chi connectivity index (χ0v) is 15.8. The second-order valence-electron chi connectivity index (χ2n) is 6.46. The Morgan fingerprint density at radius 1 is 1.40 bits per heavy atom. The fourth-order valence-corrected chi connectivity index (χ4v) is 3.00. The second kappa shape index (κ2) is 8.17. The monoisotopic (exact) mass is 369 g/mol. The molecule has 1 aromatic carbocycles. The van der Waals surface area contributed by atoms with E-state index in [1.54, 1.807) is 12.1 Å². The van der Waals surface area contributed by atoms with E-state index in [1.165, 1.54) is 13.2 Å². The van der Waals surface area contributed by atoms with Crippen LogP contribution in [0, 0.1) is 12.7 Å². The number of piperazine rings is 1. The van der Waals surface area contributed by atoms with Gasteiger partial charge in [-0.2, -0.15) is 0 Å². The van der Waals surface area contributed by atoms with Crippen molar-refractivity contribution in [3.8, 4) is 17.2 Å². The third-order valence-corrected chi connectivity index (χ3v) is 4.55. The van der Waals surface area contributed by atoms with Crippen molar-refractivity contribution in [3.63, 3.8) is 0 Å². The third kappa shape index (κ3) is 4.32. The van der Waals surface area contributed by atoms with E-state index in [1.807, 2.05) is 6.92 Å². The van der Waals surface area contributed by atoms with Gasteiger partial charge in [0.25, 0.3) is 0 Å². The molecular weight excluding hydrogens is 345 g/mol. The minimum atomic E-state index is -0.397. The van der Waals surface area contributed by atoms with E-state index in [9.17, 15) is 4.39 Å². The molecule has 0 amide bonds. The fraction of sp³-hybridized carbons (Fsp3) is 0.500. The lowest BCUT2D eigenvalue weighted by atomic mass is 10.1. The van der Waals surface area contributed by atoms with Gasteiger partial charge >= 0.3 is 0 Å². The number of benzene rings is 1. The molecule has 1 aliphatic rings. The highest BCUT2D eigenvalue weighted by atomic mass is 35.5. The molecule has 1 fully saturated rings. The first-order valence-electron chi connectivity index (χ1n) is 8.25. The lowest BCUT2D eigenvalue weighted by molar-refractivity contribution is 0.137. The van der Waals surface area contributed by atoms with Gasteiger partial charge < -0.3 is 14.5 Å². The van der Waals surface area contributed by atoms with Crippen LogP contribution in [0.5, 0.6) is 5.75 Å². The first kappa shape index (κ1) is 19.7. The number of nitrogens with one attached hydrogen (secondary N) is 1. The summed E-state index contributed by atoms with van der Waals surface area (Å²) in [7, 11) is 1.51. The minimum Gasteiger partial charge on any atom is -0.497 e. The van der Waals surface area contributed by atoms with Gasteiger partial charge in [-0.1, -0.05) is 0 Å². The van der Waals surface area contributed by atoms with Gasteiger partial charge in [-0.05, 0) is 32.9 Å². The molecule has 0 aliphatic carbocycles. The van der Waals surface area contributed by atoms with Gasteiger partial charge in [0, 0.05) is 37.8 Å². The highest BCUT2D eigenvalue weighted by Gasteiger charge is 2.25. The summed E-state index contributed by atoms with van der Waals surface area (Å²) >= 11 is 0. The van der Waals surface area contributed by atoms with Crippen molar-refractivity contribution in [2.24, 2.45) is 0 Å². The van der Waals surface area contributed by atoms with E-state index >= 15 is 0 Å². The maximum atomic E-state index is 14.2. The number of oxazole rings is 1. The number of hydrogen-bond acceptors (Lipinski definition) is 5. The SMILES string of the molecule is COc1ccc(-c2nc(CN3C[C@@H](C)NC[C@@H]3C)c(C)o2)c(F)c1.Cl. The van der Waals surface area contributed by atoms with Crippen molar-refractivity contribution < 1.29 is 13.5 Å². The van der Waals surface area contributed by atoms with Gasteiger partial charge in [0.15, 0.2) is 0 Å². The van der Waals surface area contributed by atoms with Crippen LogP contribution in [0.25, 0.3) is 11.5 Å². The molecule has 0 radical (unpaired) electrons. The normalized spacial score (nSPS) is 21.0. The number of methoxy groups -OCH3 is 1. The molecule has 5 nitrogen and oxygen atoms in total. The largest absolute Gasteiger partial charge is 0.497 e. The van der Waals surface area contributed by atoms with Crippen molar-refractivity contribution in [1.82, 2.24) is 15.2 Å². The number of aryl methyl sites for hydroxylation is 1. The van der Waals surface area contributed by atoms with Gasteiger partial charge in [-0.15, -0.1) is 12.4 Å². The van der Waals surface area contributed by atoms with Crippen LogP contribution in [0.3, 0.4) is 0 Å². The zero-order chi connectivity index (χ0) is 17.3. The van der Waals surface area contributed by atoms with Crippen LogP contribution in [0.1, 0.15) is 25.3 Å². The number of halogens is 2. The topological polar surface area (TPSA) is 50.5 Å². The summed E-state index contributed by atoms with van der Waals surface area (Å²) in [5.74, 6) is 1.13. The number of hydrogen-bond donors (Lipinski definition) is 1. The predicted octanol–water partition coefficient (Wildman–Crippen LogP) is 3.40. The van der Waals surface area contributed by atoms with Crippen LogP contribution in [0.2, 0.25) is 0 Å². The predicted molar refractivity (Wildman–Crippen MR) is 97.8 cm³/mol. The fourth-order valence-electron chi connectivity index (χ4n) is 3.00. The van der Waals surface area contributed by atoms with Crippen molar-refractivity contribution in [1.29, 1.82) is 0 Å². The van der Waals surface area contributed by atoms with E-state index < -0.39 is 5.82 Å². The standard InChI is InChI=1S/C18H24FN3O2.ClH/c1-11-9-22(12(2)8-20-11)10-17-13(3)24-18(21-17)15-6-5-14(23-4)7-16(15)19;/h5-7,11-12,20H,8-10H2,1-4H3;1H/t11-,12+;/m1./s1. The van der Waals surface area contributed by atoms with E-state index in [2.05, 4.69) is 29.0 Å². The summed E-state index contributed by atoms with van der Waals surface area (Å²) in [6, 6.07) is 5.57. The molecule has 25 heavy (non-hydrogen) atoms. The Bertz CT molecular complexity index is 722. The second-order valence-corrected chi connectivity index (χ2v) is 6.46. The summed E-state index contributed by atoms with van der Waals surface area (Å²) in [4.78, 5) is 6.92. The average Bonchev–Trinajstić information content (AvgIpc) is 2.91. The van der Waals surface area contributed by atoms with Gasteiger partial charge in [-0.25, -0.2) is 9.37 Å². The summed E-state index contributed by atoms with van der Waals surface area (Å²) in [5.41, 5.74) is 1.22. The molecule has 0 saturated carbocycles. The quantitative estimate of drug-likeness (QED) is 0.895. The van der Waals surface area contributed by atoms with Gasteiger partial charge in [0.05, 0.1) is 18.4 Å². The molecule has 2 heterocycles. The Hall–Kier alpha value is -1.63. The summed E-state index contributed by atoms with van der Waals surface area (Å²) in [6.07, 6.45) is 0. The molecule has 1 aromatic heterocycles. The zero-order valence-electron chi connectivity index (χ0n) is 15.0. The molecule has 0 spiro atoms. The van der Waals surface area contributed by atoms with Crippen LogP contribution < -0.4 is 10.1 Å². The summed E-state index contributed by atoms with van der Waals surface area (Å²) in [6.45, 7) is 8.87. The summed E-state index contributed by atoms with van der Waals surface area (Å²) in [5, 5.41) is 3.46. The number of ether oxygens (including phenoxy) is 1. The first-order chi connectivity index (χ1) is 11.5. The van der Waals surface area contributed by atoms with Crippen LogP contribution in [0.4, 0.5) is 4.39 Å². The molecule has 7 heteroatoms. The molecular formula is C18H25ClFN3O2. The minimum absolute atomic E-state index is 0. The summed E-state index contributed by atoms with van der Waals surface area (Å²) < 4.78 is 25.0. The van der Waals surface area contributed by atoms with Crippen LogP contribution in [0.15, 0.2) is 22.6 Å². The molecule has 1 N–H and O–H groups in total. The molecule has 138 valence electrons. The molecule has 2 aromatic rings. The Morgan fingerprint density at radius 3 is 2.84 bits per heavy atom. The van der Waals surface area contributed by atoms with Gasteiger partial charge in [0.2, 0.25) is 5.89 Å². The average molecular weight is 370 g/mol. The van der Waals surface area contributed by atoms with Gasteiger partial charge in [-0.3, -0.25) is 4.90 Å². The lowest BCUT2D eigenvalue weighted by Gasteiger charge is -2.37. The van der Waals surface area contributed by atoms with E-state index in [4.69, 9.17) is 9.15 Å². The van der Waals surface area contributed by atoms with Crippen molar-refractivity contribution >= 4 is 12.4 Å². The van der Waals surface area contributed by atoms with Crippen molar-refractivity contribution in [2.45, 2.75) is 39.4 Å². The van der Waals surface area contributed by atoms with Crippen LogP contribution >= 0.6 is 12.4 Å². The third-order valence-electron chi connectivity index (χ3n) is 4.55. The molecule has 0 bridgehead atoms. The maximum Gasteiger partial charge on any atom is 0.229 e. The number of rotatable bonds is 4. The smallest absolute Gasteiger partial charge is 0.229 e. The highest BCUT2D eigenvalue weighted by molar-refractivity contribution is 5.85. The Kier molecular flexibility index (Phi) is 6.43. The maximum absolute atomic E-state index is 14.2. The molecule has 1 saturated heterocycles. The molecule has 3 rings (SSSR count). The van der Waals surface area contributed by atoms with E-state index in [-0.39, 0.29) is 12.4 Å². The van der Waals surface area contributed by atoms with Crippen molar-refractivity contribution in [2.75, 3.05) is 20.2 Å². The molecule has 2 atom stereocenters. The lowest BCUT2D eigenvalue weighted by Crippen LogP contribution is -2.53. The van der Waals surface area contributed by atoms with Crippen LogP contribution in [-0.2, 0) is 6.54 Å². The Morgan fingerprint density at radius 2 is 2.16 bits per heavy atom. The van der Waals surface area contributed by atoms with E-state index in [0.29, 0.717) is 35.8 Å². The first-order valence-corrected chi connectivity index (χ1v) is 8.25. The Labute approximate surface area is 154 Å². The van der Waals surface area contributed by atoms with Crippen LogP contribution in [-0.4, -0.2) is 42.2 Å².